The summed E-state index contributed by atoms with van der Waals surface area (Å²) in [5.41, 5.74) is 10.8. The fourth-order valence-electron chi connectivity index (χ4n) is 1.57. The number of nitrogens with two attached hydrogens (primary N) is 2. The first kappa shape index (κ1) is 14.1. The smallest absolute Gasteiger partial charge is 0.252 e. The summed E-state index contributed by atoms with van der Waals surface area (Å²) < 4.78 is 31.8. The van der Waals surface area contributed by atoms with Crippen molar-refractivity contribution in [3.05, 3.63) is 52.6 Å². The van der Waals surface area contributed by atoms with Crippen molar-refractivity contribution in [3.63, 3.8) is 0 Å². The van der Waals surface area contributed by atoms with Gasteiger partial charge in [-0.3, -0.25) is 4.79 Å². The van der Waals surface area contributed by atoms with Crippen LogP contribution in [0.15, 0.2) is 30.3 Å². The van der Waals surface area contributed by atoms with Gasteiger partial charge in [-0.25, -0.2) is 8.78 Å². The summed E-state index contributed by atoms with van der Waals surface area (Å²) in [7, 11) is 0. The number of nitrogen functional groups attached to an aromatic ring is 1. The van der Waals surface area contributed by atoms with Crippen molar-refractivity contribution in [3.8, 4) is 11.5 Å². The molecule has 2 aromatic carbocycles. The Morgan fingerprint density at radius 1 is 1.20 bits per heavy atom. The zero-order valence-corrected chi connectivity index (χ0v) is 10.7. The van der Waals surface area contributed by atoms with Crippen molar-refractivity contribution in [2.24, 2.45) is 5.73 Å². The molecule has 0 saturated carbocycles. The SMILES string of the molecule is NC(=O)c1cc(N)cc(Cl)c1Oc1cc(F)ccc1F. The number of hydrogen-bond acceptors (Lipinski definition) is 3. The Kier molecular flexibility index (Phi) is 3.76. The summed E-state index contributed by atoms with van der Waals surface area (Å²) in [5, 5.41) is -0.0394. The summed E-state index contributed by atoms with van der Waals surface area (Å²) in [6.07, 6.45) is 0. The maximum absolute atomic E-state index is 13.5. The minimum Gasteiger partial charge on any atom is -0.452 e. The number of carbonyl (C=O) groups is 1. The molecular formula is C13H9ClF2N2O2. The Morgan fingerprint density at radius 2 is 1.90 bits per heavy atom. The summed E-state index contributed by atoms with van der Waals surface area (Å²) in [6, 6.07) is 5.19. The van der Waals surface area contributed by atoms with E-state index in [0.717, 1.165) is 18.2 Å². The lowest BCUT2D eigenvalue weighted by Gasteiger charge is -2.12. The molecule has 0 aliphatic carbocycles. The Bertz CT molecular complexity index is 692. The molecule has 0 saturated heterocycles. The van der Waals surface area contributed by atoms with E-state index in [-0.39, 0.29) is 22.0 Å². The molecule has 0 unspecified atom stereocenters. The van der Waals surface area contributed by atoms with Crippen LogP contribution in [0.3, 0.4) is 0 Å². The van der Waals surface area contributed by atoms with Crippen molar-refractivity contribution >= 4 is 23.2 Å². The van der Waals surface area contributed by atoms with Crippen LogP contribution in [0.2, 0.25) is 5.02 Å². The Labute approximate surface area is 117 Å². The van der Waals surface area contributed by atoms with E-state index in [9.17, 15) is 13.6 Å². The molecule has 20 heavy (non-hydrogen) atoms. The van der Waals surface area contributed by atoms with Gasteiger partial charge in [0.1, 0.15) is 5.82 Å². The molecule has 0 aromatic heterocycles. The molecule has 104 valence electrons. The van der Waals surface area contributed by atoms with Gasteiger partial charge in [0.2, 0.25) is 0 Å². The number of anilines is 1. The minimum absolute atomic E-state index is 0.0394. The fourth-order valence-corrected chi connectivity index (χ4v) is 1.83. The quantitative estimate of drug-likeness (QED) is 0.855. The Hall–Kier alpha value is -2.34. The van der Waals surface area contributed by atoms with Crippen LogP contribution in [-0.2, 0) is 0 Å². The number of amides is 1. The van der Waals surface area contributed by atoms with Crippen LogP contribution in [0.5, 0.6) is 11.5 Å². The minimum atomic E-state index is -0.856. The topological polar surface area (TPSA) is 78.3 Å². The lowest BCUT2D eigenvalue weighted by atomic mass is 10.1. The number of halogens is 3. The van der Waals surface area contributed by atoms with Crippen molar-refractivity contribution in [2.75, 3.05) is 5.73 Å². The lowest BCUT2D eigenvalue weighted by Crippen LogP contribution is -2.13. The second-order valence-corrected chi connectivity index (χ2v) is 4.33. The highest BCUT2D eigenvalue weighted by Gasteiger charge is 2.17. The van der Waals surface area contributed by atoms with E-state index in [1.54, 1.807) is 0 Å². The van der Waals surface area contributed by atoms with Gasteiger partial charge in [0.05, 0.1) is 10.6 Å². The van der Waals surface area contributed by atoms with E-state index < -0.39 is 23.3 Å². The van der Waals surface area contributed by atoms with Gasteiger partial charge >= 0.3 is 0 Å². The summed E-state index contributed by atoms with van der Waals surface area (Å²) in [5.74, 6) is -2.97. The average Bonchev–Trinajstić information content (AvgIpc) is 2.36. The Balaban J connectivity index is 2.53. The molecule has 2 rings (SSSR count). The average molecular weight is 299 g/mol. The third-order valence-electron chi connectivity index (χ3n) is 2.44. The van der Waals surface area contributed by atoms with E-state index in [0.29, 0.717) is 0 Å². The molecule has 4 N–H and O–H groups in total. The van der Waals surface area contributed by atoms with E-state index in [1.165, 1.54) is 12.1 Å². The molecule has 0 atom stereocenters. The van der Waals surface area contributed by atoms with Gasteiger partial charge in [-0.15, -0.1) is 0 Å². The molecule has 0 spiro atoms. The molecular weight excluding hydrogens is 290 g/mol. The number of primary amides is 1. The van der Waals surface area contributed by atoms with Crippen LogP contribution < -0.4 is 16.2 Å². The number of rotatable bonds is 3. The van der Waals surface area contributed by atoms with Gasteiger partial charge in [0.15, 0.2) is 17.3 Å². The fraction of sp³-hybridized carbons (Fsp3) is 0. The van der Waals surface area contributed by atoms with E-state index in [2.05, 4.69) is 0 Å². The second-order valence-electron chi connectivity index (χ2n) is 3.92. The van der Waals surface area contributed by atoms with Crippen molar-refractivity contribution in [1.29, 1.82) is 0 Å². The first-order valence-corrected chi connectivity index (χ1v) is 5.78. The first-order chi connectivity index (χ1) is 9.38. The zero-order valence-electron chi connectivity index (χ0n) is 9.99. The van der Waals surface area contributed by atoms with Gasteiger partial charge in [-0.2, -0.15) is 0 Å². The molecule has 4 nitrogen and oxygen atoms in total. The Morgan fingerprint density at radius 3 is 2.55 bits per heavy atom. The normalized spacial score (nSPS) is 10.3. The third kappa shape index (κ3) is 2.80. The van der Waals surface area contributed by atoms with Crippen LogP contribution in [-0.4, -0.2) is 5.91 Å². The number of hydrogen-bond donors (Lipinski definition) is 2. The van der Waals surface area contributed by atoms with Crippen molar-refractivity contribution in [1.82, 2.24) is 0 Å². The molecule has 2 aromatic rings. The lowest BCUT2D eigenvalue weighted by molar-refractivity contribution is 0.0998. The highest BCUT2D eigenvalue weighted by Crippen LogP contribution is 2.36. The van der Waals surface area contributed by atoms with E-state index in [4.69, 9.17) is 27.8 Å². The highest BCUT2D eigenvalue weighted by atomic mass is 35.5. The molecule has 0 bridgehead atoms. The number of carbonyl (C=O) groups excluding carboxylic acids is 1. The second kappa shape index (κ2) is 5.34. The van der Waals surface area contributed by atoms with Crippen LogP contribution in [0.1, 0.15) is 10.4 Å². The van der Waals surface area contributed by atoms with Gasteiger partial charge < -0.3 is 16.2 Å². The molecule has 0 heterocycles. The molecule has 1 amide bonds. The predicted octanol–water partition coefficient (Wildman–Crippen LogP) is 3.09. The van der Waals surface area contributed by atoms with Gasteiger partial charge in [0.25, 0.3) is 5.91 Å². The summed E-state index contributed by atoms with van der Waals surface area (Å²) in [4.78, 5) is 11.3. The molecule has 0 fully saturated rings. The van der Waals surface area contributed by atoms with E-state index in [1.807, 2.05) is 0 Å². The molecule has 0 radical (unpaired) electrons. The third-order valence-corrected chi connectivity index (χ3v) is 2.72. The standard InChI is InChI=1S/C13H9ClF2N2O2/c14-9-5-7(17)4-8(13(18)19)12(9)20-11-3-6(15)1-2-10(11)16/h1-5H,17H2,(H2,18,19). The van der Waals surface area contributed by atoms with Crippen LogP contribution in [0.4, 0.5) is 14.5 Å². The van der Waals surface area contributed by atoms with Gasteiger partial charge in [-0.05, 0) is 24.3 Å². The molecule has 0 aliphatic heterocycles. The summed E-state index contributed by atoms with van der Waals surface area (Å²) in [6.45, 7) is 0. The zero-order chi connectivity index (χ0) is 14.9. The highest BCUT2D eigenvalue weighted by molar-refractivity contribution is 6.33. The van der Waals surface area contributed by atoms with Crippen molar-refractivity contribution < 1.29 is 18.3 Å². The van der Waals surface area contributed by atoms with Gasteiger partial charge in [-0.1, -0.05) is 11.6 Å². The van der Waals surface area contributed by atoms with Gasteiger partial charge in [0, 0.05) is 11.8 Å². The van der Waals surface area contributed by atoms with Crippen LogP contribution in [0, 0.1) is 11.6 Å². The monoisotopic (exact) mass is 298 g/mol. The number of ether oxygens (including phenoxy) is 1. The maximum Gasteiger partial charge on any atom is 0.252 e. The first-order valence-electron chi connectivity index (χ1n) is 5.40. The molecule has 7 heteroatoms. The van der Waals surface area contributed by atoms with E-state index >= 15 is 0 Å². The molecule has 0 aliphatic rings. The van der Waals surface area contributed by atoms with Crippen LogP contribution in [0.25, 0.3) is 0 Å². The maximum atomic E-state index is 13.5. The van der Waals surface area contributed by atoms with Crippen LogP contribution >= 0.6 is 11.6 Å². The number of benzene rings is 2. The predicted molar refractivity (Wildman–Crippen MR) is 70.8 cm³/mol. The summed E-state index contributed by atoms with van der Waals surface area (Å²) >= 11 is 5.89. The van der Waals surface area contributed by atoms with Crippen molar-refractivity contribution in [2.45, 2.75) is 0 Å². The largest absolute Gasteiger partial charge is 0.452 e.